The highest BCUT2D eigenvalue weighted by molar-refractivity contribution is 4.96. The monoisotopic (exact) mass is 375 g/mol. The van der Waals surface area contributed by atoms with Crippen molar-refractivity contribution < 1.29 is 0 Å². The third kappa shape index (κ3) is 4.73. The molecule has 0 unspecified atom stereocenters. The molecule has 1 aliphatic carbocycles. The molecule has 0 atom stereocenters. The quantitative estimate of drug-likeness (QED) is 0.689. The highest BCUT2D eigenvalue weighted by Crippen LogP contribution is 2.38. The molecule has 3 saturated heterocycles. The zero-order valence-corrected chi connectivity index (χ0v) is 18.6. The largest absolute Gasteiger partial charge is 0.302 e. The third-order valence-corrected chi connectivity index (χ3v) is 8.69. The van der Waals surface area contributed by atoms with E-state index >= 15 is 0 Å². The van der Waals surface area contributed by atoms with Crippen molar-refractivity contribution in [2.45, 2.75) is 78.3 Å². The van der Waals surface area contributed by atoms with Gasteiger partial charge in [-0.25, -0.2) is 0 Å². The highest BCUT2D eigenvalue weighted by Gasteiger charge is 2.43. The van der Waals surface area contributed by atoms with E-state index in [0.29, 0.717) is 0 Å². The molecule has 0 aromatic rings. The van der Waals surface area contributed by atoms with Crippen molar-refractivity contribution in [1.82, 2.24) is 14.7 Å². The Hall–Kier alpha value is -0.120. The molecule has 0 bridgehead atoms. The van der Waals surface area contributed by atoms with E-state index in [4.69, 9.17) is 0 Å². The lowest BCUT2D eigenvalue weighted by atomic mass is 9.75. The van der Waals surface area contributed by atoms with Gasteiger partial charge in [-0.15, -0.1) is 0 Å². The summed E-state index contributed by atoms with van der Waals surface area (Å²) in [6.45, 7) is 19.2. The molecule has 4 rings (SSSR count). The van der Waals surface area contributed by atoms with Crippen LogP contribution in [-0.4, -0.2) is 72.6 Å². The predicted molar refractivity (Wildman–Crippen MR) is 115 cm³/mol. The Bertz CT molecular complexity index is 448. The Morgan fingerprint density at radius 1 is 0.741 bits per heavy atom. The van der Waals surface area contributed by atoms with E-state index in [2.05, 4.69) is 42.4 Å². The van der Waals surface area contributed by atoms with Crippen molar-refractivity contribution in [1.29, 1.82) is 0 Å². The molecular weight excluding hydrogens is 330 g/mol. The van der Waals surface area contributed by atoms with Crippen molar-refractivity contribution in [2.24, 2.45) is 29.6 Å². The number of nitrogens with zero attached hydrogens (tertiary/aromatic N) is 3. The Morgan fingerprint density at radius 3 is 1.89 bits per heavy atom. The molecule has 3 heteroatoms. The first-order chi connectivity index (χ1) is 13.0. The lowest BCUT2D eigenvalue weighted by Crippen LogP contribution is -2.62. The molecule has 4 fully saturated rings. The molecule has 27 heavy (non-hydrogen) atoms. The summed E-state index contributed by atoms with van der Waals surface area (Å²) in [5, 5.41) is 0. The average molecular weight is 376 g/mol. The van der Waals surface area contributed by atoms with Crippen molar-refractivity contribution in [3.05, 3.63) is 0 Å². The number of hydrogen-bond acceptors (Lipinski definition) is 3. The maximum absolute atomic E-state index is 2.84. The van der Waals surface area contributed by atoms with Crippen LogP contribution in [0.1, 0.15) is 66.2 Å². The van der Waals surface area contributed by atoms with Gasteiger partial charge in [0, 0.05) is 44.8 Å². The summed E-state index contributed by atoms with van der Waals surface area (Å²) in [6.07, 6.45) is 8.76. The van der Waals surface area contributed by atoms with Crippen LogP contribution >= 0.6 is 0 Å². The predicted octanol–water partition coefficient (Wildman–Crippen LogP) is 4.19. The lowest BCUT2D eigenvalue weighted by molar-refractivity contribution is -0.0552. The molecule has 0 N–H and O–H groups in total. The standard InChI is InChI=1S/C24H45N3/c1-18(2)21-5-7-24(8-6-21)27-16-23(17-27)22-14-25(15-22)13-20-9-11-26(12-10-20)19(3)4/h18-24H,5-17H2,1-4H3. The van der Waals surface area contributed by atoms with E-state index in [1.807, 2.05) is 0 Å². The van der Waals surface area contributed by atoms with Crippen LogP contribution in [0.25, 0.3) is 0 Å². The van der Waals surface area contributed by atoms with Gasteiger partial charge in [0.15, 0.2) is 0 Å². The Labute approximate surface area is 168 Å². The molecule has 156 valence electrons. The molecule has 0 aromatic heterocycles. The Morgan fingerprint density at radius 2 is 1.33 bits per heavy atom. The van der Waals surface area contributed by atoms with E-state index in [1.54, 1.807) is 0 Å². The Balaban J connectivity index is 1.09. The summed E-state index contributed by atoms with van der Waals surface area (Å²) in [6, 6.07) is 1.67. The summed E-state index contributed by atoms with van der Waals surface area (Å²) >= 11 is 0. The fourth-order valence-electron chi connectivity index (χ4n) is 6.35. The van der Waals surface area contributed by atoms with Gasteiger partial charge in [0.1, 0.15) is 0 Å². The van der Waals surface area contributed by atoms with Crippen LogP contribution in [0.3, 0.4) is 0 Å². The van der Waals surface area contributed by atoms with E-state index in [9.17, 15) is 0 Å². The fourth-order valence-corrected chi connectivity index (χ4v) is 6.35. The normalized spacial score (nSPS) is 33.6. The van der Waals surface area contributed by atoms with Gasteiger partial charge >= 0.3 is 0 Å². The molecule has 3 nitrogen and oxygen atoms in total. The molecule has 0 amide bonds. The molecule has 0 spiro atoms. The van der Waals surface area contributed by atoms with E-state index in [0.717, 1.165) is 41.7 Å². The third-order valence-electron chi connectivity index (χ3n) is 8.69. The molecule has 0 aromatic carbocycles. The lowest BCUT2D eigenvalue weighted by Gasteiger charge is -2.54. The Kier molecular flexibility index (Phi) is 6.51. The second-order valence-corrected chi connectivity index (χ2v) is 11.1. The van der Waals surface area contributed by atoms with Gasteiger partial charge < -0.3 is 9.80 Å². The maximum atomic E-state index is 2.84. The summed E-state index contributed by atoms with van der Waals surface area (Å²) in [5.41, 5.74) is 0. The van der Waals surface area contributed by atoms with Crippen molar-refractivity contribution in [2.75, 3.05) is 45.8 Å². The number of piperidine rings is 1. The highest BCUT2D eigenvalue weighted by atomic mass is 15.3. The topological polar surface area (TPSA) is 9.72 Å². The van der Waals surface area contributed by atoms with Crippen molar-refractivity contribution in [3.8, 4) is 0 Å². The van der Waals surface area contributed by atoms with Gasteiger partial charge in [0.2, 0.25) is 0 Å². The number of likely N-dealkylation sites (tertiary alicyclic amines) is 3. The van der Waals surface area contributed by atoms with Crippen LogP contribution in [0, 0.1) is 29.6 Å². The van der Waals surface area contributed by atoms with Gasteiger partial charge in [0.25, 0.3) is 0 Å². The molecule has 0 radical (unpaired) electrons. The minimum Gasteiger partial charge on any atom is -0.302 e. The second kappa shape index (κ2) is 8.71. The average Bonchev–Trinajstić information content (AvgIpc) is 2.59. The summed E-state index contributed by atoms with van der Waals surface area (Å²) in [7, 11) is 0. The molecule has 3 heterocycles. The smallest absolute Gasteiger partial charge is 0.00957 e. The van der Waals surface area contributed by atoms with Crippen LogP contribution in [0.15, 0.2) is 0 Å². The van der Waals surface area contributed by atoms with E-state index < -0.39 is 0 Å². The SMILES string of the molecule is CC(C)C1CCC(N2CC(C3CN(CC4CCN(C(C)C)CC4)C3)C2)CC1. The van der Waals surface area contributed by atoms with E-state index in [1.165, 1.54) is 84.3 Å². The van der Waals surface area contributed by atoms with E-state index in [-0.39, 0.29) is 0 Å². The summed E-state index contributed by atoms with van der Waals surface area (Å²) < 4.78 is 0. The first-order valence-corrected chi connectivity index (χ1v) is 12.2. The summed E-state index contributed by atoms with van der Waals surface area (Å²) in [4.78, 5) is 8.27. The minimum absolute atomic E-state index is 0.737. The van der Waals surface area contributed by atoms with Crippen LogP contribution in [0.4, 0.5) is 0 Å². The maximum Gasteiger partial charge on any atom is 0.00957 e. The summed E-state index contributed by atoms with van der Waals surface area (Å²) in [5.74, 6) is 4.91. The van der Waals surface area contributed by atoms with Crippen LogP contribution in [0.2, 0.25) is 0 Å². The van der Waals surface area contributed by atoms with Gasteiger partial charge in [0.05, 0.1) is 0 Å². The number of hydrogen-bond donors (Lipinski definition) is 0. The van der Waals surface area contributed by atoms with Crippen LogP contribution < -0.4 is 0 Å². The molecule has 3 aliphatic heterocycles. The first-order valence-electron chi connectivity index (χ1n) is 12.2. The van der Waals surface area contributed by atoms with Gasteiger partial charge in [-0.05, 0) is 95.1 Å². The minimum atomic E-state index is 0.737. The second-order valence-electron chi connectivity index (χ2n) is 11.1. The zero-order valence-electron chi connectivity index (χ0n) is 18.6. The van der Waals surface area contributed by atoms with Crippen LogP contribution in [-0.2, 0) is 0 Å². The molecule has 1 saturated carbocycles. The zero-order chi connectivity index (χ0) is 19.0. The van der Waals surface area contributed by atoms with Crippen molar-refractivity contribution >= 4 is 0 Å². The van der Waals surface area contributed by atoms with Gasteiger partial charge in [-0.2, -0.15) is 0 Å². The first kappa shape index (κ1) is 20.2. The van der Waals surface area contributed by atoms with Gasteiger partial charge in [-0.1, -0.05) is 13.8 Å². The molecule has 4 aliphatic rings. The van der Waals surface area contributed by atoms with Crippen molar-refractivity contribution in [3.63, 3.8) is 0 Å². The van der Waals surface area contributed by atoms with Gasteiger partial charge in [-0.3, -0.25) is 4.90 Å². The fraction of sp³-hybridized carbons (Fsp3) is 1.00. The molecular formula is C24H45N3. The van der Waals surface area contributed by atoms with Crippen LogP contribution in [0.5, 0.6) is 0 Å². The number of rotatable bonds is 6.